The van der Waals surface area contributed by atoms with Crippen LogP contribution in [0.2, 0.25) is 0 Å². The maximum Gasteiger partial charge on any atom is 0.160 e. The van der Waals surface area contributed by atoms with Crippen molar-refractivity contribution in [1.82, 2.24) is 0 Å². The molecule has 0 spiro atoms. The molecular weight excluding hydrogens is 462 g/mol. The van der Waals surface area contributed by atoms with E-state index in [9.17, 15) is 0 Å². The van der Waals surface area contributed by atoms with Gasteiger partial charge < -0.3 is 0 Å². The Kier molecular flexibility index (Phi) is 6.49. The molecule has 3 nitrogen and oxygen atoms in total. The van der Waals surface area contributed by atoms with Crippen LogP contribution in [0.15, 0.2) is 142 Å². The molecular formula is C35H29N3. The first-order chi connectivity index (χ1) is 18.8. The quantitative estimate of drug-likeness (QED) is 0.194. The average Bonchev–Trinajstić information content (AvgIpc) is 3.30. The van der Waals surface area contributed by atoms with Gasteiger partial charge in [-0.2, -0.15) is 0 Å². The second-order valence-electron chi connectivity index (χ2n) is 9.60. The van der Waals surface area contributed by atoms with Crippen LogP contribution in [0.5, 0.6) is 0 Å². The first kappa shape index (κ1) is 23.7. The molecule has 0 aliphatic heterocycles. The molecule has 0 radical (unpaired) electrons. The van der Waals surface area contributed by atoms with Gasteiger partial charge in [-0.05, 0) is 52.9 Å². The Morgan fingerprint density at radius 3 is 2.32 bits per heavy atom. The van der Waals surface area contributed by atoms with Gasteiger partial charge in [-0.3, -0.25) is 4.99 Å². The largest absolute Gasteiger partial charge is 0.269 e. The summed E-state index contributed by atoms with van der Waals surface area (Å²) < 4.78 is 0. The van der Waals surface area contributed by atoms with Crippen molar-refractivity contribution in [2.75, 3.05) is 0 Å². The SMILES string of the molecule is C=N/C(=N\C=N/Cc1ccccc1)c1cccc2c1-c1ccccc1C2(C1=CC=CCC1)c1ccccc1. The van der Waals surface area contributed by atoms with Crippen LogP contribution in [-0.2, 0) is 12.0 Å². The highest BCUT2D eigenvalue weighted by Gasteiger charge is 2.47. The molecule has 0 bridgehead atoms. The molecule has 3 heteroatoms. The molecule has 4 aromatic rings. The number of rotatable bonds is 6. The van der Waals surface area contributed by atoms with Crippen LogP contribution in [0.3, 0.4) is 0 Å². The molecule has 6 rings (SSSR count). The van der Waals surface area contributed by atoms with Crippen molar-refractivity contribution in [2.24, 2.45) is 15.0 Å². The van der Waals surface area contributed by atoms with Gasteiger partial charge in [0.05, 0.1) is 12.0 Å². The lowest BCUT2D eigenvalue weighted by molar-refractivity contribution is 0.693. The van der Waals surface area contributed by atoms with Crippen LogP contribution in [0.1, 0.15) is 40.7 Å². The van der Waals surface area contributed by atoms with E-state index in [0.717, 1.165) is 24.0 Å². The summed E-state index contributed by atoms with van der Waals surface area (Å²) in [7, 11) is 0. The second kappa shape index (κ2) is 10.4. The minimum Gasteiger partial charge on any atom is -0.269 e. The van der Waals surface area contributed by atoms with E-state index in [-0.39, 0.29) is 5.41 Å². The molecule has 1 atom stereocenters. The van der Waals surface area contributed by atoms with Gasteiger partial charge in [0.25, 0.3) is 0 Å². The van der Waals surface area contributed by atoms with Crippen molar-refractivity contribution in [3.63, 3.8) is 0 Å². The van der Waals surface area contributed by atoms with Gasteiger partial charge in [-0.25, -0.2) is 9.98 Å². The molecule has 0 amide bonds. The Morgan fingerprint density at radius 1 is 0.816 bits per heavy atom. The van der Waals surface area contributed by atoms with Crippen LogP contribution < -0.4 is 0 Å². The van der Waals surface area contributed by atoms with E-state index in [1.54, 1.807) is 6.34 Å². The third-order valence-electron chi connectivity index (χ3n) is 7.54. The van der Waals surface area contributed by atoms with Crippen molar-refractivity contribution in [3.05, 3.63) is 155 Å². The standard InChI is InChI=1S/C35H29N3/c1-36-34(38-25-37-24-26-14-5-2-6-15-26)30-21-13-23-32-33(30)29-20-11-12-22-31(29)35(32,27-16-7-3-8-17-27)28-18-9-4-10-19-28/h2-9,11-18,20-23,25H,1,10,19,24H2/b37-25-,38-34-. The van der Waals surface area contributed by atoms with Gasteiger partial charge in [-0.1, -0.05) is 127 Å². The van der Waals surface area contributed by atoms with E-state index in [1.165, 1.54) is 33.4 Å². The van der Waals surface area contributed by atoms with Gasteiger partial charge in [0.15, 0.2) is 5.84 Å². The van der Waals surface area contributed by atoms with E-state index in [4.69, 9.17) is 0 Å². The summed E-state index contributed by atoms with van der Waals surface area (Å²) in [6.45, 7) is 4.45. The molecule has 0 fully saturated rings. The lowest BCUT2D eigenvalue weighted by Crippen LogP contribution is -2.30. The zero-order valence-corrected chi connectivity index (χ0v) is 21.3. The van der Waals surface area contributed by atoms with E-state index >= 15 is 0 Å². The third kappa shape index (κ3) is 3.97. The number of amidine groups is 1. The normalized spacial score (nSPS) is 18.2. The number of allylic oxidation sites excluding steroid dienone is 4. The van der Waals surface area contributed by atoms with E-state index in [2.05, 4.69) is 125 Å². The minimum absolute atomic E-state index is 0.373. The van der Waals surface area contributed by atoms with E-state index in [0.29, 0.717) is 12.4 Å². The van der Waals surface area contributed by atoms with E-state index < -0.39 is 0 Å². The summed E-state index contributed by atoms with van der Waals surface area (Å²) in [4.78, 5) is 13.6. The van der Waals surface area contributed by atoms with Crippen LogP contribution in [-0.4, -0.2) is 18.9 Å². The number of nitrogens with zero attached hydrogens (tertiary/aromatic N) is 3. The van der Waals surface area contributed by atoms with Crippen LogP contribution >= 0.6 is 0 Å². The molecule has 2 aliphatic carbocycles. The number of hydrogen-bond acceptors (Lipinski definition) is 1. The first-order valence-electron chi connectivity index (χ1n) is 13.1. The van der Waals surface area contributed by atoms with E-state index in [1.807, 2.05) is 18.2 Å². The fraction of sp³-hybridized carbons (Fsp3) is 0.114. The van der Waals surface area contributed by atoms with Crippen molar-refractivity contribution in [3.8, 4) is 11.1 Å². The molecule has 0 heterocycles. The van der Waals surface area contributed by atoms with Crippen LogP contribution in [0.25, 0.3) is 11.1 Å². The summed E-state index contributed by atoms with van der Waals surface area (Å²) in [6.07, 6.45) is 10.4. The number of fused-ring (bicyclic) bond motifs is 3. The number of aliphatic imine (C=N–C) groups is 3. The molecule has 2 aliphatic rings. The Morgan fingerprint density at radius 2 is 1.55 bits per heavy atom. The predicted octanol–water partition coefficient (Wildman–Crippen LogP) is 7.95. The Bertz CT molecular complexity index is 1590. The Balaban J connectivity index is 1.54. The molecule has 0 saturated carbocycles. The molecule has 0 N–H and O–H groups in total. The highest BCUT2D eigenvalue weighted by atomic mass is 14.9. The maximum atomic E-state index is 4.68. The van der Waals surface area contributed by atoms with Crippen molar-refractivity contribution in [2.45, 2.75) is 24.8 Å². The molecule has 4 aromatic carbocycles. The van der Waals surface area contributed by atoms with Gasteiger partial charge in [0.2, 0.25) is 0 Å². The van der Waals surface area contributed by atoms with Crippen molar-refractivity contribution >= 4 is 18.9 Å². The Labute approximate surface area is 224 Å². The summed E-state index contributed by atoms with van der Waals surface area (Å²) >= 11 is 0. The zero-order valence-electron chi connectivity index (χ0n) is 21.3. The fourth-order valence-electron chi connectivity index (χ4n) is 5.98. The van der Waals surface area contributed by atoms with Gasteiger partial charge in [-0.15, -0.1) is 0 Å². The zero-order chi connectivity index (χ0) is 25.8. The number of benzene rings is 4. The second-order valence-corrected chi connectivity index (χ2v) is 9.60. The predicted molar refractivity (Wildman–Crippen MR) is 159 cm³/mol. The number of hydrogen-bond donors (Lipinski definition) is 0. The molecule has 0 saturated heterocycles. The lowest BCUT2D eigenvalue weighted by atomic mass is 9.65. The highest BCUT2D eigenvalue weighted by Crippen LogP contribution is 2.58. The first-order valence-corrected chi connectivity index (χ1v) is 13.1. The molecule has 1 unspecified atom stereocenters. The van der Waals surface area contributed by atoms with Crippen LogP contribution in [0, 0.1) is 0 Å². The smallest absolute Gasteiger partial charge is 0.160 e. The van der Waals surface area contributed by atoms with Crippen molar-refractivity contribution < 1.29 is 0 Å². The van der Waals surface area contributed by atoms with Crippen molar-refractivity contribution in [1.29, 1.82) is 0 Å². The molecule has 0 aromatic heterocycles. The lowest BCUT2D eigenvalue weighted by Gasteiger charge is -2.36. The average molecular weight is 492 g/mol. The molecule has 184 valence electrons. The minimum atomic E-state index is -0.373. The maximum absolute atomic E-state index is 4.68. The fourth-order valence-corrected chi connectivity index (χ4v) is 5.98. The summed E-state index contributed by atoms with van der Waals surface area (Å²) in [6, 6.07) is 36.3. The van der Waals surface area contributed by atoms with Gasteiger partial charge >= 0.3 is 0 Å². The van der Waals surface area contributed by atoms with Crippen LogP contribution in [0.4, 0.5) is 0 Å². The Hall–Kier alpha value is -4.63. The van der Waals surface area contributed by atoms with Gasteiger partial charge in [0, 0.05) is 5.56 Å². The molecule has 38 heavy (non-hydrogen) atoms. The summed E-state index contributed by atoms with van der Waals surface area (Å²) in [5.41, 5.74) is 9.38. The summed E-state index contributed by atoms with van der Waals surface area (Å²) in [5, 5.41) is 0. The highest BCUT2D eigenvalue weighted by molar-refractivity contribution is 6.11. The summed E-state index contributed by atoms with van der Waals surface area (Å²) in [5.74, 6) is 0.579. The van der Waals surface area contributed by atoms with Gasteiger partial charge in [0.1, 0.15) is 6.34 Å². The monoisotopic (exact) mass is 491 g/mol. The topological polar surface area (TPSA) is 37.1 Å². The third-order valence-corrected chi connectivity index (χ3v) is 7.54.